The minimum Gasteiger partial charge on any atom is -0.439 e. The topological polar surface area (TPSA) is 75.3 Å². The summed E-state index contributed by atoms with van der Waals surface area (Å²) in [5, 5.41) is 0. The molecule has 1 atom stereocenters. The lowest BCUT2D eigenvalue weighted by atomic mass is 9.73. The van der Waals surface area contributed by atoms with E-state index in [9.17, 15) is 18.4 Å². The molecule has 2 heterocycles. The summed E-state index contributed by atoms with van der Waals surface area (Å²) < 4.78 is 40.6. The lowest BCUT2D eigenvalue weighted by Gasteiger charge is -2.35. The Labute approximate surface area is 213 Å². The van der Waals surface area contributed by atoms with E-state index >= 15 is 0 Å². The molecule has 1 unspecified atom stereocenters. The third-order valence-electron chi connectivity index (χ3n) is 6.47. The van der Waals surface area contributed by atoms with Crippen LogP contribution in [0.4, 0.5) is 8.78 Å². The number of rotatable bonds is 8. The number of halogens is 2. The molecule has 9 heteroatoms. The fraction of sp³-hybridized carbons (Fsp3) is 0.321. The summed E-state index contributed by atoms with van der Waals surface area (Å²) in [5.74, 6) is -0.153. The van der Waals surface area contributed by atoms with Gasteiger partial charge in [0.25, 0.3) is 12.0 Å². The molecule has 37 heavy (non-hydrogen) atoms. The van der Waals surface area contributed by atoms with Crippen molar-refractivity contribution in [3.05, 3.63) is 116 Å². The molecule has 194 valence electrons. The van der Waals surface area contributed by atoms with Crippen molar-refractivity contribution in [2.24, 2.45) is 12.5 Å². The van der Waals surface area contributed by atoms with Crippen LogP contribution in [0.15, 0.2) is 82.2 Å². The quantitative estimate of drug-likeness (QED) is 0.427. The molecule has 2 aromatic heterocycles. The van der Waals surface area contributed by atoms with Crippen molar-refractivity contribution >= 4 is 0 Å². The molecule has 0 spiro atoms. The molecule has 1 aromatic carbocycles. The molecular weight excluding hydrogens is 480 g/mol. The highest BCUT2D eigenvalue weighted by molar-refractivity contribution is 5.38. The molecule has 0 amide bonds. The molecule has 1 aliphatic rings. The van der Waals surface area contributed by atoms with E-state index in [0.29, 0.717) is 17.0 Å². The van der Waals surface area contributed by atoms with Crippen molar-refractivity contribution in [3.63, 3.8) is 0 Å². The first kappa shape index (κ1) is 26.2. The minimum atomic E-state index is -2.72. The van der Waals surface area contributed by atoms with Crippen molar-refractivity contribution in [3.8, 4) is 5.88 Å². The van der Waals surface area contributed by atoms with Gasteiger partial charge in [-0.15, -0.1) is 0 Å². The molecule has 0 radical (unpaired) electrons. The van der Waals surface area contributed by atoms with Crippen LogP contribution < -0.4 is 16.0 Å². The Morgan fingerprint density at radius 2 is 1.84 bits per heavy atom. The number of hydrogen-bond acceptors (Lipinski definition) is 5. The van der Waals surface area contributed by atoms with Gasteiger partial charge in [0.15, 0.2) is 0 Å². The van der Waals surface area contributed by atoms with E-state index in [0.717, 1.165) is 10.1 Å². The molecule has 1 aliphatic carbocycles. The van der Waals surface area contributed by atoms with Crippen LogP contribution in [0.3, 0.4) is 0 Å². The van der Waals surface area contributed by atoms with Crippen molar-refractivity contribution in [1.82, 2.24) is 14.1 Å². The van der Waals surface area contributed by atoms with Gasteiger partial charge in [-0.05, 0) is 42.2 Å². The highest BCUT2D eigenvalue weighted by atomic mass is 19.3. The van der Waals surface area contributed by atoms with Gasteiger partial charge in [0.2, 0.25) is 5.88 Å². The van der Waals surface area contributed by atoms with Gasteiger partial charge in [-0.2, -0.15) is 0 Å². The zero-order chi connectivity index (χ0) is 26.7. The number of pyridine rings is 1. The van der Waals surface area contributed by atoms with E-state index in [4.69, 9.17) is 9.47 Å². The van der Waals surface area contributed by atoms with Crippen LogP contribution in [0.1, 0.15) is 48.6 Å². The SMILES string of the molecule is Cc1c(C2C=CC(Oc3ncccc3C(F)F)=CC2(C)C)n(C)c(=O)n(COCc2ccccc2)c1=O. The normalized spacial score (nSPS) is 16.6. The molecule has 4 rings (SSSR count). The number of allylic oxidation sites excluding steroid dienone is 3. The Bertz CT molecular complexity index is 1420. The molecule has 3 aromatic rings. The van der Waals surface area contributed by atoms with Gasteiger partial charge >= 0.3 is 5.69 Å². The largest absolute Gasteiger partial charge is 0.439 e. The zero-order valence-corrected chi connectivity index (χ0v) is 21.2. The predicted octanol–water partition coefficient (Wildman–Crippen LogP) is 5.00. The summed E-state index contributed by atoms with van der Waals surface area (Å²) >= 11 is 0. The maximum absolute atomic E-state index is 13.3. The zero-order valence-electron chi connectivity index (χ0n) is 21.2. The Morgan fingerprint density at radius 1 is 1.11 bits per heavy atom. The lowest BCUT2D eigenvalue weighted by Crippen LogP contribution is -2.44. The highest BCUT2D eigenvalue weighted by Gasteiger charge is 2.35. The number of benzene rings is 1. The number of hydrogen-bond donors (Lipinski definition) is 0. The summed E-state index contributed by atoms with van der Waals surface area (Å²) in [4.78, 5) is 30.3. The van der Waals surface area contributed by atoms with Crippen molar-refractivity contribution in [1.29, 1.82) is 0 Å². The average Bonchev–Trinajstić information content (AvgIpc) is 2.86. The second-order valence-corrected chi connectivity index (χ2v) is 9.55. The number of ether oxygens (including phenoxy) is 2. The van der Waals surface area contributed by atoms with Crippen LogP contribution in [0.5, 0.6) is 5.88 Å². The lowest BCUT2D eigenvalue weighted by molar-refractivity contribution is 0.0576. The van der Waals surface area contributed by atoms with Gasteiger partial charge in [-0.3, -0.25) is 9.36 Å². The van der Waals surface area contributed by atoms with Crippen LogP contribution in [0.25, 0.3) is 0 Å². The molecule has 0 saturated carbocycles. The number of aromatic nitrogens is 3. The third kappa shape index (κ3) is 5.46. The first-order chi connectivity index (χ1) is 17.6. The summed E-state index contributed by atoms with van der Waals surface area (Å²) in [6.07, 6.45) is 3.92. The number of nitrogens with zero attached hydrogens (tertiary/aromatic N) is 3. The van der Waals surface area contributed by atoms with E-state index in [1.807, 2.05) is 50.3 Å². The molecule has 0 saturated heterocycles. The van der Waals surface area contributed by atoms with Crippen LogP contribution in [-0.4, -0.2) is 14.1 Å². The van der Waals surface area contributed by atoms with Crippen molar-refractivity contribution in [2.75, 3.05) is 0 Å². The standard InChI is InChI=1S/C28H29F2N3O4/c1-18-23(32(4)27(35)33(26(18)34)17-36-16-19-9-6-5-7-10-19)22-13-12-20(15-28(22,2)3)37-25-21(24(29)30)11-8-14-31-25/h5-15,22,24H,16-17H2,1-4H3. The Morgan fingerprint density at radius 3 is 2.51 bits per heavy atom. The number of alkyl halides is 2. The van der Waals surface area contributed by atoms with Gasteiger partial charge in [0.05, 0.1) is 12.2 Å². The van der Waals surface area contributed by atoms with Crippen LogP contribution in [0, 0.1) is 12.3 Å². The van der Waals surface area contributed by atoms with Gasteiger partial charge in [-0.25, -0.2) is 23.1 Å². The molecule has 0 aliphatic heterocycles. The molecular formula is C28H29F2N3O4. The van der Waals surface area contributed by atoms with Gasteiger partial charge in [0.1, 0.15) is 12.5 Å². The van der Waals surface area contributed by atoms with Crippen molar-refractivity contribution < 1.29 is 18.3 Å². The van der Waals surface area contributed by atoms with E-state index in [1.54, 1.807) is 26.1 Å². The van der Waals surface area contributed by atoms with Gasteiger partial charge in [0, 0.05) is 30.4 Å². The second kappa shape index (κ2) is 10.6. The Balaban J connectivity index is 1.60. The molecule has 0 bridgehead atoms. The fourth-order valence-electron chi connectivity index (χ4n) is 4.54. The summed E-state index contributed by atoms with van der Waals surface area (Å²) in [7, 11) is 1.63. The maximum atomic E-state index is 13.3. The Hall–Kier alpha value is -3.85. The van der Waals surface area contributed by atoms with E-state index in [2.05, 4.69) is 4.98 Å². The average molecular weight is 510 g/mol. The van der Waals surface area contributed by atoms with E-state index in [1.165, 1.54) is 22.9 Å². The fourth-order valence-corrected chi connectivity index (χ4v) is 4.54. The van der Waals surface area contributed by atoms with E-state index in [-0.39, 0.29) is 30.7 Å². The van der Waals surface area contributed by atoms with Crippen LogP contribution >= 0.6 is 0 Å². The summed E-state index contributed by atoms with van der Waals surface area (Å²) in [6.45, 7) is 5.64. The first-order valence-electron chi connectivity index (χ1n) is 11.8. The minimum absolute atomic E-state index is 0.163. The van der Waals surface area contributed by atoms with Gasteiger partial charge < -0.3 is 9.47 Å². The van der Waals surface area contributed by atoms with Crippen LogP contribution in [-0.2, 0) is 25.1 Å². The predicted molar refractivity (Wildman–Crippen MR) is 135 cm³/mol. The molecule has 0 fully saturated rings. The maximum Gasteiger partial charge on any atom is 0.332 e. The highest BCUT2D eigenvalue weighted by Crippen LogP contribution is 2.42. The molecule has 0 N–H and O–H groups in total. The smallest absolute Gasteiger partial charge is 0.332 e. The Kier molecular flexibility index (Phi) is 7.54. The summed E-state index contributed by atoms with van der Waals surface area (Å²) in [6, 6.07) is 12.2. The second-order valence-electron chi connectivity index (χ2n) is 9.55. The summed E-state index contributed by atoms with van der Waals surface area (Å²) in [5.41, 5.74) is 0.119. The van der Waals surface area contributed by atoms with Crippen LogP contribution in [0.2, 0.25) is 0 Å². The first-order valence-corrected chi connectivity index (χ1v) is 11.8. The third-order valence-corrected chi connectivity index (χ3v) is 6.47. The molecule has 7 nitrogen and oxygen atoms in total. The monoisotopic (exact) mass is 509 g/mol. The van der Waals surface area contributed by atoms with Gasteiger partial charge in [-0.1, -0.05) is 50.3 Å². The van der Waals surface area contributed by atoms with Crippen molar-refractivity contribution in [2.45, 2.75) is 46.5 Å². The van der Waals surface area contributed by atoms with E-state index < -0.39 is 23.1 Å².